The maximum absolute atomic E-state index is 3.29. The third-order valence-corrected chi connectivity index (χ3v) is 5.73. The van der Waals surface area contributed by atoms with Crippen molar-refractivity contribution in [2.45, 2.75) is 62.1 Å². The Hall–Kier alpha value is -0.470. The number of rotatable bonds is 5. The van der Waals surface area contributed by atoms with Gasteiger partial charge in [0, 0.05) is 16.2 Å². The lowest BCUT2D eigenvalue weighted by Gasteiger charge is -2.28. The molecule has 1 N–H and O–H groups in total. The molecule has 0 spiro atoms. The molecule has 1 fully saturated rings. The van der Waals surface area contributed by atoms with Crippen LogP contribution >= 0.6 is 11.8 Å². The van der Waals surface area contributed by atoms with Crippen LogP contribution in [0.1, 0.15) is 57.6 Å². The van der Waals surface area contributed by atoms with Crippen LogP contribution in [0.25, 0.3) is 0 Å². The quantitative estimate of drug-likeness (QED) is 0.810. The van der Waals surface area contributed by atoms with E-state index in [1.165, 1.54) is 42.6 Å². The number of thioether (sulfide) groups is 1. The second kappa shape index (κ2) is 7.35. The van der Waals surface area contributed by atoms with Crippen LogP contribution in [-0.4, -0.2) is 12.3 Å². The number of hydrogen-bond acceptors (Lipinski definition) is 2. The van der Waals surface area contributed by atoms with Gasteiger partial charge in [-0.15, -0.1) is 11.8 Å². The SMILES string of the molecule is CCC1CCCC(Sc2ccc(C(C)NC)cc2)C1. The summed E-state index contributed by atoms with van der Waals surface area (Å²) in [6.45, 7) is 4.54. The van der Waals surface area contributed by atoms with Gasteiger partial charge in [0.15, 0.2) is 0 Å². The lowest BCUT2D eigenvalue weighted by Crippen LogP contribution is -2.16. The van der Waals surface area contributed by atoms with E-state index in [-0.39, 0.29) is 0 Å². The largest absolute Gasteiger partial charge is 0.313 e. The summed E-state index contributed by atoms with van der Waals surface area (Å²) in [7, 11) is 2.01. The smallest absolute Gasteiger partial charge is 0.0289 e. The molecule has 0 aromatic heterocycles. The van der Waals surface area contributed by atoms with Gasteiger partial charge in [-0.05, 0) is 50.4 Å². The molecule has 0 heterocycles. The van der Waals surface area contributed by atoms with Gasteiger partial charge >= 0.3 is 0 Å². The minimum atomic E-state index is 0.443. The molecule has 3 unspecified atom stereocenters. The van der Waals surface area contributed by atoms with Crippen molar-refractivity contribution < 1.29 is 0 Å². The maximum atomic E-state index is 3.29. The van der Waals surface area contributed by atoms with Gasteiger partial charge in [-0.1, -0.05) is 38.3 Å². The zero-order chi connectivity index (χ0) is 13.7. The molecular formula is C17H27NS. The first-order valence-corrected chi connectivity index (χ1v) is 8.54. The topological polar surface area (TPSA) is 12.0 Å². The highest BCUT2D eigenvalue weighted by Crippen LogP contribution is 2.37. The van der Waals surface area contributed by atoms with Crippen molar-refractivity contribution in [1.29, 1.82) is 0 Å². The van der Waals surface area contributed by atoms with Gasteiger partial charge in [0.25, 0.3) is 0 Å². The molecule has 0 saturated heterocycles. The van der Waals surface area contributed by atoms with Crippen LogP contribution in [-0.2, 0) is 0 Å². The van der Waals surface area contributed by atoms with Crippen LogP contribution in [0.15, 0.2) is 29.2 Å². The molecule has 1 aromatic rings. The minimum absolute atomic E-state index is 0.443. The molecule has 3 atom stereocenters. The molecule has 0 radical (unpaired) electrons. The van der Waals surface area contributed by atoms with Gasteiger partial charge in [-0.25, -0.2) is 0 Å². The molecular weight excluding hydrogens is 250 g/mol. The molecule has 1 aromatic carbocycles. The Bertz CT molecular complexity index is 373. The van der Waals surface area contributed by atoms with Crippen molar-refractivity contribution in [2.75, 3.05) is 7.05 Å². The lowest BCUT2D eigenvalue weighted by atomic mass is 9.87. The van der Waals surface area contributed by atoms with Crippen molar-refractivity contribution in [3.05, 3.63) is 29.8 Å². The summed E-state index contributed by atoms with van der Waals surface area (Å²) in [6.07, 6.45) is 7.04. The monoisotopic (exact) mass is 277 g/mol. The van der Waals surface area contributed by atoms with E-state index in [1.54, 1.807) is 0 Å². The van der Waals surface area contributed by atoms with Gasteiger partial charge in [-0.2, -0.15) is 0 Å². The fraction of sp³-hybridized carbons (Fsp3) is 0.647. The third kappa shape index (κ3) is 4.25. The first-order valence-electron chi connectivity index (χ1n) is 7.66. The van der Waals surface area contributed by atoms with Crippen LogP contribution in [0.2, 0.25) is 0 Å². The van der Waals surface area contributed by atoms with E-state index in [0.717, 1.165) is 11.2 Å². The maximum Gasteiger partial charge on any atom is 0.0289 e. The molecule has 19 heavy (non-hydrogen) atoms. The zero-order valence-electron chi connectivity index (χ0n) is 12.5. The van der Waals surface area contributed by atoms with Crippen LogP contribution in [0.4, 0.5) is 0 Å². The first-order chi connectivity index (χ1) is 9.22. The summed E-state index contributed by atoms with van der Waals surface area (Å²) in [6, 6.07) is 9.57. The number of nitrogens with one attached hydrogen (secondary N) is 1. The summed E-state index contributed by atoms with van der Waals surface area (Å²) in [5.41, 5.74) is 1.38. The predicted octanol–water partition coefficient (Wildman–Crippen LogP) is 5.03. The first kappa shape index (κ1) is 14.9. The highest BCUT2D eigenvalue weighted by atomic mass is 32.2. The van der Waals surface area contributed by atoms with Crippen molar-refractivity contribution in [1.82, 2.24) is 5.32 Å². The van der Waals surface area contributed by atoms with Gasteiger partial charge in [-0.3, -0.25) is 0 Å². The van der Waals surface area contributed by atoms with Crippen molar-refractivity contribution >= 4 is 11.8 Å². The Labute approximate surface area is 122 Å². The van der Waals surface area contributed by atoms with Gasteiger partial charge < -0.3 is 5.32 Å². The summed E-state index contributed by atoms with van der Waals surface area (Å²) in [5, 5.41) is 4.13. The molecule has 0 amide bonds. The predicted molar refractivity (Wildman–Crippen MR) is 85.8 cm³/mol. The highest BCUT2D eigenvalue weighted by molar-refractivity contribution is 8.00. The van der Waals surface area contributed by atoms with Crippen molar-refractivity contribution in [3.8, 4) is 0 Å². The Morgan fingerprint density at radius 3 is 2.63 bits per heavy atom. The highest BCUT2D eigenvalue weighted by Gasteiger charge is 2.21. The molecule has 1 aliphatic rings. The summed E-state index contributed by atoms with van der Waals surface area (Å²) < 4.78 is 0. The Kier molecular flexibility index (Phi) is 5.77. The van der Waals surface area contributed by atoms with E-state index >= 15 is 0 Å². The van der Waals surface area contributed by atoms with Crippen LogP contribution in [0.3, 0.4) is 0 Å². The van der Waals surface area contributed by atoms with Gasteiger partial charge in [0.2, 0.25) is 0 Å². The number of benzene rings is 1. The van der Waals surface area contributed by atoms with Gasteiger partial charge in [0.1, 0.15) is 0 Å². The molecule has 1 nitrogen and oxygen atoms in total. The average molecular weight is 277 g/mol. The van der Waals surface area contributed by atoms with Gasteiger partial charge in [0.05, 0.1) is 0 Å². The molecule has 1 aliphatic carbocycles. The second-order valence-electron chi connectivity index (χ2n) is 5.76. The molecule has 106 valence electrons. The Balaban J connectivity index is 1.92. The standard InChI is InChI=1S/C17H27NS/c1-4-14-6-5-7-17(12-14)19-16-10-8-15(9-11-16)13(2)18-3/h8-11,13-14,17-18H,4-7,12H2,1-3H3. The van der Waals surface area contributed by atoms with E-state index in [1.807, 2.05) is 7.05 Å². The summed E-state index contributed by atoms with van der Waals surface area (Å²) >= 11 is 2.09. The summed E-state index contributed by atoms with van der Waals surface area (Å²) in [5.74, 6) is 0.967. The van der Waals surface area contributed by atoms with Crippen LogP contribution < -0.4 is 5.32 Å². The molecule has 2 rings (SSSR count). The molecule has 1 saturated carbocycles. The third-order valence-electron chi connectivity index (χ3n) is 4.43. The van der Waals surface area contributed by atoms with E-state index in [9.17, 15) is 0 Å². The van der Waals surface area contributed by atoms with Crippen LogP contribution in [0, 0.1) is 5.92 Å². The number of hydrogen-bond donors (Lipinski definition) is 1. The lowest BCUT2D eigenvalue weighted by molar-refractivity contribution is 0.357. The zero-order valence-corrected chi connectivity index (χ0v) is 13.3. The fourth-order valence-electron chi connectivity index (χ4n) is 2.91. The minimum Gasteiger partial charge on any atom is -0.313 e. The van der Waals surface area contributed by atoms with E-state index < -0.39 is 0 Å². The normalized spacial score (nSPS) is 25.2. The van der Waals surface area contributed by atoms with E-state index in [2.05, 4.69) is 55.2 Å². The Morgan fingerprint density at radius 1 is 1.26 bits per heavy atom. The van der Waals surface area contributed by atoms with E-state index in [0.29, 0.717) is 6.04 Å². The molecule has 0 aliphatic heterocycles. The Morgan fingerprint density at radius 2 is 2.00 bits per heavy atom. The molecule has 0 bridgehead atoms. The summed E-state index contributed by atoms with van der Waals surface area (Å²) in [4.78, 5) is 1.44. The fourth-order valence-corrected chi connectivity index (χ4v) is 4.24. The molecule has 2 heteroatoms. The van der Waals surface area contributed by atoms with Crippen molar-refractivity contribution in [3.63, 3.8) is 0 Å². The van der Waals surface area contributed by atoms with Crippen LogP contribution in [0.5, 0.6) is 0 Å². The second-order valence-corrected chi connectivity index (χ2v) is 7.13. The average Bonchev–Trinajstić information content (AvgIpc) is 2.47. The van der Waals surface area contributed by atoms with Crippen molar-refractivity contribution in [2.24, 2.45) is 5.92 Å². The van der Waals surface area contributed by atoms with E-state index in [4.69, 9.17) is 0 Å².